The molecule has 3 N–H and O–H groups in total. The summed E-state index contributed by atoms with van der Waals surface area (Å²) in [6, 6.07) is 11.0. The second kappa shape index (κ2) is 11.5. The van der Waals surface area contributed by atoms with E-state index in [9.17, 15) is 26.4 Å². The molecule has 42 heavy (non-hydrogen) atoms. The Morgan fingerprint density at radius 2 is 1.74 bits per heavy atom. The Labute approximate surface area is 239 Å². The van der Waals surface area contributed by atoms with Crippen molar-refractivity contribution >= 4 is 33.5 Å². The number of nitrogens with zero attached hydrogens (tertiary/aromatic N) is 3. The van der Waals surface area contributed by atoms with Crippen molar-refractivity contribution in [2.75, 3.05) is 61.6 Å². The molecule has 226 valence electrons. The van der Waals surface area contributed by atoms with E-state index < -0.39 is 27.7 Å². The Balaban J connectivity index is 1.12. The van der Waals surface area contributed by atoms with Crippen LogP contribution in [0, 0.1) is 0 Å². The van der Waals surface area contributed by atoms with E-state index in [-0.39, 0.29) is 29.1 Å². The van der Waals surface area contributed by atoms with Gasteiger partial charge in [0.1, 0.15) is 30.9 Å². The van der Waals surface area contributed by atoms with E-state index in [4.69, 9.17) is 13.5 Å². The van der Waals surface area contributed by atoms with Crippen LogP contribution < -0.4 is 16.0 Å². The van der Waals surface area contributed by atoms with E-state index in [2.05, 4.69) is 26.1 Å². The number of benzene rings is 1. The standard InChI is InChI=1S/C26H29F3N6O6S/c1-42(37,38)41-35(12-14-39-15-13-35)11-10-30-22-7-4-19(17-31-22)18-2-5-20(6-3-18)32-24(36)33-23-16-21(40-34-23)25(8-9-25)26(27,28)29/h2-7,16-17H,8-15H2,1H3,(H2-,30,31,32,33,34,36)/p+1. The third kappa shape index (κ3) is 7.00. The summed E-state index contributed by atoms with van der Waals surface area (Å²) in [6.45, 7) is 2.53. The molecule has 0 atom stereocenters. The minimum Gasteiger partial charge on any atom is -0.370 e. The smallest absolute Gasteiger partial charge is 0.370 e. The Morgan fingerprint density at radius 1 is 1.05 bits per heavy atom. The maximum atomic E-state index is 13.3. The van der Waals surface area contributed by atoms with Gasteiger partial charge in [-0.3, -0.25) is 5.32 Å². The van der Waals surface area contributed by atoms with E-state index >= 15 is 0 Å². The van der Waals surface area contributed by atoms with Crippen LogP contribution in [-0.2, 0) is 24.6 Å². The number of hydrogen-bond donors (Lipinski definition) is 3. The average Bonchev–Trinajstić information content (AvgIpc) is 3.63. The van der Waals surface area contributed by atoms with Crippen molar-refractivity contribution in [3.05, 3.63) is 54.4 Å². The molecule has 2 aromatic heterocycles. The fourth-order valence-corrected chi connectivity index (χ4v) is 5.53. The Kier molecular flexibility index (Phi) is 8.15. The van der Waals surface area contributed by atoms with Crippen LogP contribution in [-0.4, -0.2) is 81.1 Å². The van der Waals surface area contributed by atoms with Gasteiger partial charge in [-0.1, -0.05) is 21.6 Å². The second-order valence-corrected chi connectivity index (χ2v) is 11.8. The Bertz CT molecular complexity index is 1500. The van der Waals surface area contributed by atoms with E-state index in [0.29, 0.717) is 50.9 Å². The first-order chi connectivity index (χ1) is 19.9. The monoisotopic (exact) mass is 611 g/mol. The first-order valence-corrected chi connectivity index (χ1v) is 15.0. The van der Waals surface area contributed by atoms with Crippen molar-refractivity contribution in [3.8, 4) is 11.1 Å². The number of aromatic nitrogens is 2. The summed E-state index contributed by atoms with van der Waals surface area (Å²) in [7, 11) is -3.64. The number of rotatable bonds is 10. The van der Waals surface area contributed by atoms with Crippen LogP contribution in [0.2, 0.25) is 0 Å². The molecular formula is C26H30F3N6O6S+. The number of halogens is 3. The number of pyridine rings is 1. The zero-order valence-electron chi connectivity index (χ0n) is 22.6. The zero-order chi connectivity index (χ0) is 30.0. The number of amides is 2. The number of hydrogen-bond acceptors (Lipinski definition) is 9. The lowest BCUT2D eigenvalue weighted by Crippen LogP contribution is -2.57. The quantitative estimate of drug-likeness (QED) is 0.288. The minimum absolute atomic E-state index is 0.0410. The van der Waals surface area contributed by atoms with Gasteiger partial charge < -0.3 is 19.9 Å². The number of ether oxygens (including phenoxy) is 1. The number of alkyl halides is 3. The summed E-state index contributed by atoms with van der Waals surface area (Å²) in [5.74, 6) is 0.186. The van der Waals surface area contributed by atoms with Gasteiger partial charge in [-0.2, -0.15) is 26.2 Å². The highest BCUT2D eigenvalue weighted by atomic mass is 32.2. The van der Waals surface area contributed by atoms with Gasteiger partial charge >= 0.3 is 22.3 Å². The molecule has 0 bridgehead atoms. The fraction of sp³-hybridized carbons (Fsp3) is 0.423. The number of anilines is 3. The third-order valence-corrected chi connectivity index (χ3v) is 7.75. The second-order valence-electron chi connectivity index (χ2n) is 10.3. The van der Waals surface area contributed by atoms with Crippen LogP contribution in [0.3, 0.4) is 0 Å². The molecule has 1 saturated carbocycles. The van der Waals surface area contributed by atoms with Gasteiger partial charge in [0.2, 0.25) is 0 Å². The van der Waals surface area contributed by atoms with Gasteiger partial charge in [0.05, 0.1) is 26.0 Å². The van der Waals surface area contributed by atoms with Gasteiger partial charge in [0.15, 0.2) is 11.6 Å². The number of hydroxylamine groups is 3. The predicted octanol–water partition coefficient (Wildman–Crippen LogP) is 4.12. The van der Waals surface area contributed by atoms with Crippen LogP contribution >= 0.6 is 0 Å². The van der Waals surface area contributed by atoms with Crippen molar-refractivity contribution in [1.82, 2.24) is 10.1 Å². The Hall–Kier alpha value is -3.73. The van der Waals surface area contributed by atoms with Gasteiger partial charge in [0, 0.05) is 23.5 Å². The maximum Gasteiger partial charge on any atom is 0.401 e. The lowest BCUT2D eigenvalue weighted by Gasteiger charge is -2.36. The maximum absolute atomic E-state index is 13.3. The molecule has 1 saturated heterocycles. The number of nitrogens with one attached hydrogen (secondary N) is 3. The van der Waals surface area contributed by atoms with Gasteiger partial charge in [0.25, 0.3) is 0 Å². The molecule has 5 rings (SSSR count). The molecule has 12 nitrogen and oxygen atoms in total. The molecule has 1 aromatic carbocycles. The first kappa shape index (κ1) is 29.8. The molecule has 0 radical (unpaired) electrons. The number of morpholine rings is 1. The van der Waals surface area contributed by atoms with Crippen LogP contribution in [0.5, 0.6) is 0 Å². The van der Waals surface area contributed by atoms with Gasteiger partial charge in [-0.15, -0.1) is 0 Å². The van der Waals surface area contributed by atoms with Crippen LogP contribution in [0.25, 0.3) is 11.1 Å². The van der Waals surface area contributed by atoms with Crippen LogP contribution in [0.1, 0.15) is 18.6 Å². The van der Waals surface area contributed by atoms with Gasteiger partial charge in [-0.05, 0) is 42.7 Å². The average molecular weight is 612 g/mol. The number of carbonyl (C=O) groups excluding carboxylic acids is 1. The molecule has 0 unspecified atom stereocenters. The fourth-order valence-electron chi connectivity index (χ4n) is 4.73. The topological polar surface area (TPSA) is 145 Å². The van der Waals surface area contributed by atoms with Crippen molar-refractivity contribution < 1.29 is 44.6 Å². The lowest BCUT2D eigenvalue weighted by molar-refractivity contribution is -1.08. The van der Waals surface area contributed by atoms with Crippen molar-refractivity contribution in [1.29, 1.82) is 0 Å². The molecule has 0 spiro atoms. The Morgan fingerprint density at radius 3 is 2.33 bits per heavy atom. The molecular weight excluding hydrogens is 581 g/mol. The highest BCUT2D eigenvalue weighted by molar-refractivity contribution is 7.85. The largest absolute Gasteiger partial charge is 0.401 e. The molecule has 16 heteroatoms. The normalized spacial score (nSPS) is 17.8. The molecule has 2 aliphatic rings. The molecule has 2 amide bonds. The lowest BCUT2D eigenvalue weighted by atomic mass is 10.0. The van der Waals surface area contributed by atoms with Gasteiger partial charge in [-0.25, -0.2) is 9.78 Å². The summed E-state index contributed by atoms with van der Waals surface area (Å²) < 4.78 is 78.8. The van der Waals surface area contributed by atoms with Crippen molar-refractivity contribution in [2.24, 2.45) is 0 Å². The SMILES string of the molecule is CS(=O)(=O)O[N+]1(CCNc2ccc(-c3ccc(NC(=O)Nc4cc(C5(C(F)(F)F)CC5)on4)cc3)cn2)CCOCC1. The van der Waals surface area contributed by atoms with E-state index in [1.165, 1.54) is 0 Å². The zero-order valence-corrected chi connectivity index (χ0v) is 23.4. The van der Waals surface area contributed by atoms with E-state index in [1.54, 1.807) is 36.5 Å². The molecule has 1 aliphatic heterocycles. The number of urea groups is 1. The molecule has 3 aromatic rings. The summed E-state index contributed by atoms with van der Waals surface area (Å²) in [5, 5.41) is 11.7. The number of carbonyl (C=O) groups is 1. The summed E-state index contributed by atoms with van der Waals surface area (Å²) in [4.78, 5) is 16.8. The highest BCUT2D eigenvalue weighted by Crippen LogP contribution is 2.59. The first-order valence-electron chi connectivity index (χ1n) is 13.1. The summed E-state index contributed by atoms with van der Waals surface area (Å²) in [6.07, 6.45) is -1.87. The molecule has 1 aliphatic carbocycles. The number of quaternary nitrogens is 1. The van der Waals surface area contributed by atoms with E-state index in [1.807, 2.05) is 6.07 Å². The summed E-state index contributed by atoms with van der Waals surface area (Å²) >= 11 is 0. The van der Waals surface area contributed by atoms with Crippen molar-refractivity contribution in [2.45, 2.75) is 24.4 Å². The molecule has 3 heterocycles. The van der Waals surface area contributed by atoms with Crippen LogP contribution in [0.15, 0.2) is 53.2 Å². The van der Waals surface area contributed by atoms with E-state index in [0.717, 1.165) is 23.4 Å². The third-order valence-electron chi connectivity index (χ3n) is 7.16. The molecule has 2 fully saturated rings. The van der Waals surface area contributed by atoms with Crippen molar-refractivity contribution in [3.63, 3.8) is 0 Å². The minimum atomic E-state index is -4.44. The summed E-state index contributed by atoms with van der Waals surface area (Å²) in [5.41, 5.74) is 0.0959. The highest BCUT2D eigenvalue weighted by Gasteiger charge is 2.67. The van der Waals surface area contributed by atoms with Crippen LogP contribution in [0.4, 0.5) is 35.3 Å². The predicted molar refractivity (Wildman–Crippen MR) is 146 cm³/mol.